The van der Waals surface area contributed by atoms with E-state index in [4.69, 9.17) is 10.5 Å². The minimum Gasteiger partial charge on any atom is -0.506 e. The zero-order valence-electron chi connectivity index (χ0n) is 22.9. The van der Waals surface area contributed by atoms with Crippen molar-refractivity contribution in [3.8, 4) is 45.9 Å². The quantitative estimate of drug-likeness (QED) is 0.294. The van der Waals surface area contributed by atoms with Crippen molar-refractivity contribution < 1.29 is 24.2 Å². The summed E-state index contributed by atoms with van der Waals surface area (Å²) in [6.07, 6.45) is 3.33. The predicted molar refractivity (Wildman–Crippen MR) is 155 cm³/mol. The smallest absolute Gasteiger partial charge is 0.257 e. The molecular formula is C32H27N5O5. The number of hydrogen-bond acceptors (Lipinski definition) is 7. The second-order valence-corrected chi connectivity index (χ2v) is 9.76. The molecule has 0 saturated carbocycles. The van der Waals surface area contributed by atoms with Gasteiger partial charge in [-0.15, -0.1) is 0 Å². The molecule has 210 valence electrons. The van der Waals surface area contributed by atoms with Crippen LogP contribution in [0.4, 0.5) is 0 Å². The van der Waals surface area contributed by atoms with Crippen molar-refractivity contribution in [1.82, 2.24) is 20.2 Å². The van der Waals surface area contributed by atoms with Gasteiger partial charge in [0.2, 0.25) is 5.91 Å². The van der Waals surface area contributed by atoms with Crippen molar-refractivity contribution in [2.75, 3.05) is 13.7 Å². The minimum absolute atomic E-state index is 0.0129. The number of ether oxygens (including phenoxy) is 1. The van der Waals surface area contributed by atoms with Gasteiger partial charge in [0.25, 0.3) is 11.8 Å². The first-order chi connectivity index (χ1) is 20.2. The number of rotatable bonds is 7. The van der Waals surface area contributed by atoms with Gasteiger partial charge in [-0.05, 0) is 54.1 Å². The van der Waals surface area contributed by atoms with Crippen LogP contribution in [0.15, 0.2) is 79.1 Å². The number of aromatic nitrogens is 2. The lowest BCUT2D eigenvalue weighted by molar-refractivity contribution is -0.129. The fraction of sp³-hybridized carbons (Fsp3) is 0.156. The van der Waals surface area contributed by atoms with Gasteiger partial charge in [0.05, 0.1) is 19.3 Å². The highest BCUT2D eigenvalue weighted by molar-refractivity contribution is 6.00. The Morgan fingerprint density at radius 2 is 1.81 bits per heavy atom. The lowest BCUT2D eigenvalue weighted by Gasteiger charge is -2.30. The van der Waals surface area contributed by atoms with Crippen LogP contribution in [0.2, 0.25) is 0 Å². The monoisotopic (exact) mass is 561 g/mol. The number of primary amides is 1. The average Bonchev–Trinajstić information content (AvgIpc) is 3.30. The van der Waals surface area contributed by atoms with Crippen LogP contribution in [0.25, 0.3) is 22.5 Å². The summed E-state index contributed by atoms with van der Waals surface area (Å²) in [6.45, 7) is 1.22. The molecule has 1 aliphatic heterocycles. The zero-order valence-corrected chi connectivity index (χ0v) is 22.9. The van der Waals surface area contributed by atoms with Crippen LogP contribution < -0.4 is 15.8 Å². The Bertz CT molecular complexity index is 1750. The number of carbonyl (C=O) groups is 3. The van der Waals surface area contributed by atoms with Crippen LogP contribution in [-0.2, 0) is 16.1 Å². The van der Waals surface area contributed by atoms with Crippen molar-refractivity contribution in [3.05, 3.63) is 95.8 Å². The van der Waals surface area contributed by atoms with Gasteiger partial charge in [-0.3, -0.25) is 19.4 Å². The first kappa shape index (κ1) is 27.9. The Morgan fingerprint density at radius 3 is 2.48 bits per heavy atom. The number of hydrogen-bond donors (Lipinski definition) is 3. The number of fused-ring (bicyclic) bond motifs is 1. The molecule has 5 rings (SSSR count). The number of aromatic hydroxyl groups is 1. The standard InChI is InChI=1S/C32H27N5O5/c1-20(38)36-32(31(33)41,19-37-18-24-7-8-25(42-2)17-26(24)30(37)40)14-11-21-3-5-23(6-4-21)29-28(39)10-9-27(35-29)22-12-15-34-16-13-22/h3-10,12-13,15-17,39H,18-19H2,1-2H3,(H2,33,41)(H,36,38). The number of nitrogens with one attached hydrogen (secondary N) is 1. The molecule has 1 unspecified atom stereocenters. The van der Waals surface area contributed by atoms with E-state index < -0.39 is 17.4 Å². The van der Waals surface area contributed by atoms with Crippen LogP contribution in [0.3, 0.4) is 0 Å². The van der Waals surface area contributed by atoms with Crippen LogP contribution >= 0.6 is 0 Å². The molecule has 0 spiro atoms. The van der Waals surface area contributed by atoms with Gasteiger partial charge in [0, 0.05) is 48.1 Å². The molecule has 1 atom stereocenters. The number of amides is 3. The van der Waals surface area contributed by atoms with Crippen LogP contribution in [-0.4, -0.2) is 56.9 Å². The number of pyridine rings is 2. The predicted octanol–water partition coefficient (Wildman–Crippen LogP) is 2.89. The molecule has 3 heterocycles. The molecule has 42 heavy (non-hydrogen) atoms. The van der Waals surface area contributed by atoms with Gasteiger partial charge in [-0.1, -0.05) is 30.0 Å². The normalized spacial score (nSPS) is 13.4. The summed E-state index contributed by atoms with van der Waals surface area (Å²) in [5.41, 5.74) is 8.22. The molecule has 2 aromatic carbocycles. The van der Waals surface area contributed by atoms with Crippen molar-refractivity contribution >= 4 is 17.7 Å². The molecule has 0 radical (unpaired) electrons. The number of nitrogens with two attached hydrogens (primary N) is 1. The van der Waals surface area contributed by atoms with Gasteiger partial charge in [0.1, 0.15) is 17.2 Å². The van der Waals surface area contributed by atoms with Gasteiger partial charge in [-0.25, -0.2) is 4.98 Å². The highest BCUT2D eigenvalue weighted by atomic mass is 16.5. The molecule has 4 N–H and O–H groups in total. The minimum atomic E-state index is -1.84. The van der Waals surface area contributed by atoms with Gasteiger partial charge >= 0.3 is 0 Å². The first-order valence-electron chi connectivity index (χ1n) is 13.0. The van der Waals surface area contributed by atoms with Crippen LogP contribution in [0, 0.1) is 11.8 Å². The van der Waals surface area contributed by atoms with Gasteiger partial charge in [0.15, 0.2) is 5.54 Å². The van der Waals surface area contributed by atoms with E-state index in [2.05, 4.69) is 27.1 Å². The van der Waals surface area contributed by atoms with E-state index in [0.717, 1.165) is 11.1 Å². The molecular weight excluding hydrogens is 534 g/mol. The third-order valence-corrected chi connectivity index (χ3v) is 6.86. The third-order valence-electron chi connectivity index (χ3n) is 6.86. The second-order valence-electron chi connectivity index (χ2n) is 9.76. The molecule has 0 saturated heterocycles. The summed E-state index contributed by atoms with van der Waals surface area (Å²) in [7, 11) is 1.51. The summed E-state index contributed by atoms with van der Waals surface area (Å²) in [5, 5.41) is 13.1. The molecule has 10 nitrogen and oxygen atoms in total. The van der Waals surface area contributed by atoms with Crippen molar-refractivity contribution in [3.63, 3.8) is 0 Å². The fourth-order valence-electron chi connectivity index (χ4n) is 4.73. The van der Waals surface area contributed by atoms with E-state index in [0.29, 0.717) is 33.8 Å². The third kappa shape index (κ3) is 5.62. The van der Waals surface area contributed by atoms with Crippen molar-refractivity contribution in [1.29, 1.82) is 0 Å². The van der Waals surface area contributed by atoms with Gasteiger partial charge in [-0.2, -0.15) is 0 Å². The molecule has 10 heteroatoms. The summed E-state index contributed by atoms with van der Waals surface area (Å²) >= 11 is 0. The highest BCUT2D eigenvalue weighted by Crippen LogP contribution is 2.31. The summed E-state index contributed by atoms with van der Waals surface area (Å²) in [4.78, 5) is 48.2. The molecule has 0 fully saturated rings. The lowest BCUT2D eigenvalue weighted by atomic mass is 9.97. The van der Waals surface area contributed by atoms with Crippen LogP contribution in [0.1, 0.15) is 28.4 Å². The van der Waals surface area contributed by atoms with E-state index in [9.17, 15) is 19.5 Å². The van der Waals surface area contributed by atoms with Crippen molar-refractivity contribution in [2.24, 2.45) is 5.73 Å². The number of carbonyl (C=O) groups excluding carboxylic acids is 3. The Morgan fingerprint density at radius 1 is 1.07 bits per heavy atom. The molecule has 3 amide bonds. The van der Waals surface area contributed by atoms with E-state index >= 15 is 0 Å². The summed E-state index contributed by atoms with van der Waals surface area (Å²) in [5.74, 6) is 4.54. The summed E-state index contributed by atoms with van der Waals surface area (Å²) in [6, 6.07) is 19.0. The van der Waals surface area contributed by atoms with E-state index in [1.807, 2.05) is 12.1 Å². The molecule has 0 aliphatic carbocycles. The average molecular weight is 562 g/mol. The maximum absolute atomic E-state index is 13.2. The molecule has 2 aromatic heterocycles. The SMILES string of the molecule is COc1ccc2c(c1)C(=O)N(CC(C#Cc1ccc(-c3nc(-c4ccncc4)ccc3O)cc1)(NC(C)=O)C(N)=O)C2. The number of methoxy groups -OCH3 is 1. The highest BCUT2D eigenvalue weighted by Gasteiger charge is 2.41. The fourth-order valence-corrected chi connectivity index (χ4v) is 4.73. The molecule has 1 aliphatic rings. The number of nitrogens with zero attached hydrogens (tertiary/aromatic N) is 3. The largest absolute Gasteiger partial charge is 0.506 e. The first-order valence-corrected chi connectivity index (χ1v) is 13.0. The Kier molecular flexibility index (Phi) is 7.58. The van der Waals surface area contributed by atoms with E-state index in [1.54, 1.807) is 67.0 Å². The van der Waals surface area contributed by atoms with E-state index in [-0.39, 0.29) is 24.7 Å². The maximum Gasteiger partial charge on any atom is 0.257 e. The Balaban J connectivity index is 1.43. The number of benzene rings is 2. The van der Waals surface area contributed by atoms with Crippen LogP contribution in [0.5, 0.6) is 11.5 Å². The summed E-state index contributed by atoms with van der Waals surface area (Å²) < 4.78 is 5.23. The lowest BCUT2D eigenvalue weighted by Crippen LogP contribution is -2.62. The second kappa shape index (κ2) is 11.4. The molecule has 4 aromatic rings. The Hall–Kier alpha value is -5.69. The topological polar surface area (TPSA) is 148 Å². The Labute approximate surface area is 242 Å². The zero-order chi connectivity index (χ0) is 29.9. The molecule has 0 bridgehead atoms. The van der Waals surface area contributed by atoms with E-state index in [1.165, 1.54) is 18.9 Å². The van der Waals surface area contributed by atoms with Gasteiger partial charge < -0.3 is 25.8 Å². The van der Waals surface area contributed by atoms with Crippen molar-refractivity contribution in [2.45, 2.75) is 19.0 Å². The maximum atomic E-state index is 13.2.